The van der Waals surface area contributed by atoms with Crippen LogP contribution in [0.25, 0.3) is 33.2 Å². The maximum Gasteiger partial charge on any atom is 0.490 e. The average Bonchev–Trinajstić information content (AvgIpc) is 3.44. The molecule has 0 bridgehead atoms. The molecule has 2 N–H and O–H groups in total. The summed E-state index contributed by atoms with van der Waals surface area (Å²) in [6.45, 7) is 6.77. The molecular formula is C28H34F3N5O4. The van der Waals surface area contributed by atoms with Crippen LogP contribution in [0.2, 0.25) is 0 Å². The summed E-state index contributed by atoms with van der Waals surface area (Å²) in [6.07, 6.45) is 1.35. The summed E-state index contributed by atoms with van der Waals surface area (Å²) in [4.78, 5) is 21.9. The summed E-state index contributed by atoms with van der Waals surface area (Å²) in [6, 6.07) is 10.4. The number of nitrogens with one attached hydrogen (secondary N) is 1. The number of halogens is 3. The number of rotatable bonds is 7. The Bertz CT molecular complexity index is 1420. The molecule has 0 saturated carbocycles. The average molecular weight is 562 g/mol. The number of methoxy groups -OCH3 is 2. The third-order valence-electron chi connectivity index (χ3n) is 7.00. The largest absolute Gasteiger partial charge is 0.493 e. The summed E-state index contributed by atoms with van der Waals surface area (Å²) in [5.41, 5.74) is 4.28. The molecule has 1 fully saturated rings. The number of carboxylic acid groups (broad SMARTS) is 1. The second kappa shape index (κ2) is 12.6. The SMILES string of the molecule is COc1cc2c(-c3cc4cccnc4[nH]3)cn(CCCN3CCCN(C)CC3)c2cc1OC.O=C(O)C(F)(F)F. The summed E-state index contributed by atoms with van der Waals surface area (Å²) in [5.74, 6) is -1.26. The molecule has 0 amide bonds. The number of carboxylic acids is 1. The molecule has 5 rings (SSSR count). The molecule has 0 aliphatic carbocycles. The van der Waals surface area contributed by atoms with Crippen molar-refractivity contribution in [3.8, 4) is 22.8 Å². The topological polar surface area (TPSA) is 95.9 Å². The van der Waals surface area contributed by atoms with Crippen molar-refractivity contribution in [2.75, 3.05) is 54.0 Å². The first-order valence-corrected chi connectivity index (χ1v) is 13.0. The zero-order valence-corrected chi connectivity index (χ0v) is 22.8. The number of H-pyrrole nitrogens is 1. The Morgan fingerprint density at radius 1 is 1.07 bits per heavy atom. The molecule has 1 aliphatic heterocycles. The monoisotopic (exact) mass is 561 g/mol. The van der Waals surface area contributed by atoms with Crippen LogP contribution in [0.4, 0.5) is 13.2 Å². The third-order valence-corrected chi connectivity index (χ3v) is 7.00. The molecular weight excluding hydrogens is 527 g/mol. The molecule has 216 valence electrons. The lowest BCUT2D eigenvalue weighted by molar-refractivity contribution is -0.192. The number of carbonyl (C=O) groups is 1. The van der Waals surface area contributed by atoms with Crippen LogP contribution >= 0.6 is 0 Å². The van der Waals surface area contributed by atoms with Crippen molar-refractivity contribution in [1.29, 1.82) is 0 Å². The van der Waals surface area contributed by atoms with E-state index in [1.807, 2.05) is 12.3 Å². The maximum atomic E-state index is 10.6. The van der Waals surface area contributed by atoms with E-state index < -0.39 is 12.1 Å². The highest BCUT2D eigenvalue weighted by Gasteiger charge is 2.38. The number of hydrogen-bond donors (Lipinski definition) is 2. The van der Waals surface area contributed by atoms with Gasteiger partial charge in [0, 0.05) is 60.1 Å². The summed E-state index contributed by atoms with van der Waals surface area (Å²) in [7, 11) is 5.60. The Balaban J connectivity index is 0.000000470. The van der Waals surface area contributed by atoms with Gasteiger partial charge in [-0.25, -0.2) is 9.78 Å². The second-order valence-corrected chi connectivity index (χ2v) is 9.74. The number of likely N-dealkylation sites (N-methyl/N-ethyl adjacent to an activating group) is 1. The highest BCUT2D eigenvalue weighted by atomic mass is 19.4. The van der Waals surface area contributed by atoms with E-state index in [0.717, 1.165) is 77.3 Å². The summed E-state index contributed by atoms with van der Waals surface area (Å²) in [5, 5.41) is 9.38. The van der Waals surface area contributed by atoms with Crippen molar-refractivity contribution in [2.45, 2.75) is 25.6 Å². The highest BCUT2D eigenvalue weighted by molar-refractivity contribution is 5.99. The van der Waals surface area contributed by atoms with Gasteiger partial charge in [-0.05, 0) is 63.8 Å². The van der Waals surface area contributed by atoms with Gasteiger partial charge in [0.2, 0.25) is 0 Å². The summed E-state index contributed by atoms with van der Waals surface area (Å²) < 4.78 is 45.3. The smallest absolute Gasteiger partial charge is 0.490 e. The lowest BCUT2D eigenvalue weighted by Crippen LogP contribution is -2.30. The Labute approximate surface area is 230 Å². The van der Waals surface area contributed by atoms with Crippen LogP contribution in [0.15, 0.2) is 42.7 Å². The fraction of sp³-hybridized carbons (Fsp3) is 0.429. The molecule has 0 spiro atoms. The molecule has 40 heavy (non-hydrogen) atoms. The van der Waals surface area contributed by atoms with Gasteiger partial charge >= 0.3 is 12.1 Å². The van der Waals surface area contributed by atoms with Gasteiger partial charge in [0.05, 0.1) is 19.7 Å². The summed E-state index contributed by atoms with van der Waals surface area (Å²) >= 11 is 0. The van der Waals surface area contributed by atoms with E-state index in [9.17, 15) is 13.2 Å². The van der Waals surface area contributed by atoms with Gasteiger partial charge in [-0.3, -0.25) is 0 Å². The first-order valence-electron chi connectivity index (χ1n) is 13.0. The minimum Gasteiger partial charge on any atom is -0.493 e. The molecule has 1 aliphatic rings. The number of aryl methyl sites for hydroxylation is 1. The molecule has 0 radical (unpaired) electrons. The number of pyridine rings is 1. The Kier molecular flexibility index (Phi) is 9.21. The van der Waals surface area contributed by atoms with E-state index in [1.54, 1.807) is 14.2 Å². The van der Waals surface area contributed by atoms with Crippen molar-refractivity contribution in [1.82, 2.24) is 24.3 Å². The molecule has 1 saturated heterocycles. The van der Waals surface area contributed by atoms with Crippen LogP contribution in [0.1, 0.15) is 12.8 Å². The van der Waals surface area contributed by atoms with Gasteiger partial charge in [0.1, 0.15) is 5.65 Å². The number of benzene rings is 1. The molecule has 4 heterocycles. The number of hydrogen-bond acceptors (Lipinski definition) is 6. The molecule has 12 heteroatoms. The Hall–Kier alpha value is -3.77. The number of ether oxygens (including phenoxy) is 2. The first kappa shape index (κ1) is 29.2. The fourth-order valence-electron chi connectivity index (χ4n) is 4.91. The van der Waals surface area contributed by atoms with E-state index >= 15 is 0 Å². The Morgan fingerprint density at radius 3 is 2.48 bits per heavy atom. The predicted molar refractivity (Wildman–Crippen MR) is 147 cm³/mol. The van der Waals surface area contributed by atoms with Crippen LogP contribution in [0, 0.1) is 0 Å². The van der Waals surface area contributed by atoms with Crippen LogP contribution in [0.3, 0.4) is 0 Å². The third kappa shape index (κ3) is 6.86. The van der Waals surface area contributed by atoms with Gasteiger partial charge in [-0.15, -0.1) is 0 Å². The van der Waals surface area contributed by atoms with Crippen LogP contribution < -0.4 is 9.47 Å². The van der Waals surface area contributed by atoms with Crippen LogP contribution in [-0.2, 0) is 11.3 Å². The first-order chi connectivity index (χ1) is 19.1. The van der Waals surface area contributed by atoms with E-state index in [2.05, 4.69) is 61.8 Å². The highest BCUT2D eigenvalue weighted by Crippen LogP contribution is 2.39. The maximum absolute atomic E-state index is 10.6. The number of aromatic nitrogens is 3. The van der Waals surface area contributed by atoms with E-state index in [4.69, 9.17) is 19.4 Å². The van der Waals surface area contributed by atoms with Crippen molar-refractivity contribution in [3.63, 3.8) is 0 Å². The lowest BCUT2D eigenvalue weighted by Gasteiger charge is -2.20. The van der Waals surface area contributed by atoms with Crippen LogP contribution in [0.5, 0.6) is 11.5 Å². The fourth-order valence-corrected chi connectivity index (χ4v) is 4.91. The van der Waals surface area contributed by atoms with Crippen molar-refractivity contribution in [3.05, 3.63) is 42.7 Å². The second-order valence-electron chi connectivity index (χ2n) is 9.74. The minimum atomic E-state index is -5.08. The van der Waals surface area contributed by atoms with Crippen molar-refractivity contribution >= 4 is 27.9 Å². The number of aliphatic carboxylic acids is 1. The number of nitrogens with zero attached hydrogens (tertiary/aromatic N) is 4. The van der Waals surface area contributed by atoms with Crippen LogP contribution in [-0.4, -0.2) is 95.6 Å². The molecule has 9 nitrogen and oxygen atoms in total. The number of alkyl halides is 3. The standard InChI is InChI=1S/C26H33N5O2.C2HF3O2/c1-29-9-5-10-30(14-13-29)11-6-12-31-18-21(22-15-19-7-4-8-27-26(19)28-22)20-16-24(32-2)25(33-3)17-23(20)31;3-2(4,5)1(6)7/h4,7-8,15-18H,5-6,9-14H2,1-3H3,(H,27,28);(H,6,7). The van der Waals surface area contributed by atoms with Gasteiger partial charge < -0.3 is 33.9 Å². The van der Waals surface area contributed by atoms with Gasteiger partial charge in [0.25, 0.3) is 0 Å². The van der Waals surface area contributed by atoms with E-state index in [0.29, 0.717) is 0 Å². The minimum absolute atomic E-state index is 0.743. The predicted octanol–water partition coefficient (Wildman–Crippen LogP) is 4.86. The quantitative estimate of drug-likeness (QED) is 0.333. The van der Waals surface area contributed by atoms with E-state index in [1.165, 1.54) is 19.5 Å². The Morgan fingerprint density at radius 2 is 1.80 bits per heavy atom. The van der Waals surface area contributed by atoms with E-state index in [-0.39, 0.29) is 0 Å². The lowest BCUT2D eigenvalue weighted by atomic mass is 10.1. The number of fused-ring (bicyclic) bond motifs is 2. The van der Waals surface area contributed by atoms with Gasteiger partial charge in [0.15, 0.2) is 11.5 Å². The number of aromatic amines is 1. The molecule has 1 aromatic carbocycles. The zero-order chi connectivity index (χ0) is 28.9. The molecule has 3 aromatic heterocycles. The molecule has 0 atom stereocenters. The van der Waals surface area contributed by atoms with Crippen molar-refractivity contribution in [2.24, 2.45) is 0 Å². The van der Waals surface area contributed by atoms with Crippen molar-refractivity contribution < 1.29 is 32.5 Å². The zero-order valence-electron chi connectivity index (χ0n) is 22.8. The molecule has 4 aromatic rings. The normalized spacial score (nSPS) is 15.1. The molecule has 0 unspecified atom stereocenters. The van der Waals surface area contributed by atoms with Gasteiger partial charge in [-0.1, -0.05) is 0 Å². The van der Waals surface area contributed by atoms with Gasteiger partial charge in [-0.2, -0.15) is 13.2 Å².